The molecule has 2 rings (SSSR count). The summed E-state index contributed by atoms with van der Waals surface area (Å²) in [6, 6.07) is 7.91. The number of benzene rings is 1. The molecule has 1 aliphatic rings. The highest BCUT2D eigenvalue weighted by molar-refractivity contribution is 5.81. The monoisotopic (exact) mass is 274 g/mol. The minimum absolute atomic E-state index is 0.0160. The van der Waals surface area contributed by atoms with E-state index in [4.69, 9.17) is 5.73 Å². The maximum atomic E-state index is 12.5. The van der Waals surface area contributed by atoms with Gasteiger partial charge >= 0.3 is 0 Å². The number of hydrogen-bond acceptors (Lipinski definition) is 2. The van der Waals surface area contributed by atoms with Crippen molar-refractivity contribution >= 4 is 11.8 Å². The van der Waals surface area contributed by atoms with Gasteiger partial charge < -0.3 is 10.6 Å². The van der Waals surface area contributed by atoms with Crippen LogP contribution in [0, 0.1) is 6.92 Å². The lowest BCUT2D eigenvalue weighted by molar-refractivity contribution is -0.135. The van der Waals surface area contributed by atoms with E-state index in [1.807, 2.05) is 36.1 Å². The van der Waals surface area contributed by atoms with Crippen molar-refractivity contribution in [2.24, 2.45) is 5.73 Å². The van der Waals surface area contributed by atoms with Crippen molar-refractivity contribution in [2.75, 3.05) is 6.54 Å². The average Bonchev–Trinajstić information content (AvgIpc) is 2.41. The Morgan fingerprint density at radius 2 is 2.05 bits per heavy atom. The summed E-state index contributed by atoms with van der Waals surface area (Å²) in [6.07, 6.45) is 3.63. The SMILES string of the molecule is Cc1ccccc1CC(=O)N1CCCC[C@H]1CC(N)=O. The minimum Gasteiger partial charge on any atom is -0.370 e. The Labute approximate surface area is 119 Å². The first-order valence-corrected chi connectivity index (χ1v) is 7.20. The van der Waals surface area contributed by atoms with Gasteiger partial charge in [0.25, 0.3) is 0 Å². The fourth-order valence-corrected chi connectivity index (χ4v) is 2.85. The van der Waals surface area contributed by atoms with Crippen LogP contribution >= 0.6 is 0 Å². The summed E-state index contributed by atoms with van der Waals surface area (Å²) in [4.78, 5) is 25.5. The van der Waals surface area contributed by atoms with E-state index in [1.165, 1.54) is 0 Å². The molecule has 0 spiro atoms. The topological polar surface area (TPSA) is 63.4 Å². The maximum Gasteiger partial charge on any atom is 0.227 e. The first-order chi connectivity index (χ1) is 9.58. The number of carbonyl (C=O) groups is 2. The van der Waals surface area contributed by atoms with Crippen LogP contribution in [0.1, 0.15) is 36.8 Å². The number of nitrogens with zero attached hydrogens (tertiary/aromatic N) is 1. The quantitative estimate of drug-likeness (QED) is 0.910. The van der Waals surface area contributed by atoms with Crippen molar-refractivity contribution in [1.82, 2.24) is 4.90 Å². The molecule has 1 fully saturated rings. The second-order valence-corrected chi connectivity index (χ2v) is 5.51. The maximum absolute atomic E-state index is 12.5. The first kappa shape index (κ1) is 14.6. The summed E-state index contributed by atoms with van der Waals surface area (Å²) in [5, 5.41) is 0. The van der Waals surface area contributed by atoms with Crippen molar-refractivity contribution in [3.8, 4) is 0 Å². The third kappa shape index (κ3) is 3.59. The Hall–Kier alpha value is -1.84. The average molecular weight is 274 g/mol. The number of piperidine rings is 1. The summed E-state index contributed by atoms with van der Waals surface area (Å²) in [6.45, 7) is 2.75. The summed E-state index contributed by atoms with van der Waals surface area (Å²) >= 11 is 0. The van der Waals surface area contributed by atoms with Crippen LogP contribution in [0.4, 0.5) is 0 Å². The second kappa shape index (κ2) is 6.55. The molecule has 2 N–H and O–H groups in total. The lowest BCUT2D eigenvalue weighted by Crippen LogP contribution is -2.46. The van der Waals surface area contributed by atoms with Gasteiger partial charge in [0.1, 0.15) is 0 Å². The predicted octanol–water partition coefficient (Wildman–Crippen LogP) is 1.79. The zero-order valence-electron chi connectivity index (χ0n) is 12.0. The van der Waals surface area contributed by atoms with Gasteiger partial charge in [0.05, 0.1) is 6.42 Å². The molecular weight excluding hydrogens is 252 g/mol. The van der Waals surface area contributed by atoms with Crippen LogP contribution in [0.2, 0.25) is 0 Å². The molecule has 4 nitrogen and oxygen atoms in total. The summed E-state index contributed by atoms with van der Waals surface area (Å²) < 4.78 is 0. The van der Waals surface area contributed by atoms with E-state index in [9.17, 15) is 9.59 Å². The van der Waals surface area contributed by atoms with Crippen LogP contribution in [0.5, 0.6) is 0 Å². The molecule has 0 saturated carbocycles. The van der Waals surface area contributed by atoms with Gasteiger partial charge in [-0.3, -0.25) is 9.59 Å². The van der Waals surface area contributed by atoms with Crippen LogP contribution < -0.4 is 5.73 Å². The Morgan fingerprint density at radius 1 is 1.30 bits per heavy atom. The second-order valence-electron chi connectivity index (χ2n) is 5.51. The number of rotatable bonds is 4. The van der Waals surface area contributed by atoms with Crippen molar-refractivity contribution in [2.45, 2.75) is 45.1 Å². The fraction of sp³-hybridized carbons (Fsp3) is 0.500. The molecule has 2 amide bonds. The summed E-state index contributed by atoms with van der Waals surface area (Å²) in [5.41, 5.74) is 7.47. The van der Waals surface area contributed by atoms with Gasteiger partial charge in [0.2, 0.25) is 11.8 Å². The van der Waals surface area contributed by atoms with E-state index in [-0.39, 0.29) is 24.3 Å². The van der Waals surface area contributed by atoms with Crippen molar-refractivity contribution in [3.63, 3.8) is 0 Å². The number of hydrogen-bond donors (Lipinski definition) is 1. The molecule has 1 aromatic rings. The molecule has 1 aliphatic heterocycles. The van der Waals surface area contributed by atoms with E-state index in [1.54, 1.807) is 0 Å². The Balaban J connectivity index is 2.06. The van der Waals surface area contributed by atoms with Crippen molar-refractivity contribution in [3.05, 3.63) is 35.4 Å². The van der Waals surface area contributed by atoms with Gasteiger partial charge in [-0.25, -0.2) is 0 Å². The van der Waals surface area contributed by atoms with E-state index >= 15 is 0 Å². The minimum atomic E-state index is -0.328. The molecule has 4 heteroatoms. The lowest BCUT2D eigenvalue weighted by Gasteiger charge is -2.35. The van der Waals surface area contributed by atoms with Gasteiger partial charge in [-0.1, -0.05) is 24.3 Å². The number of amides is 2. The molecule has 20 heavy (non-hydrogen) atoms. The normalized spacial score (nSPS) is 18.9. The third-order valence-electron chi connectivity index (χ3n) is 3.99. The van der Waals surface area contributed by atoms with Crippen LogP contribution in [0.15, 0.2) is 24.3 Å². The molecule has 0 aromatic heterocycles. The van der Waals surface area contributed by atoms with Crippen molar-refractivity contribution < 1.29 is 9.59 Å². The van der Waals surface area contributed by atoms with Gasteiger partial charge in [-0.2, -0.15) is 0 Å². The zero-order valence-corrected chi connectivity index (χ0v) is 12.0. The van der Waals surface area contributed by atoms with E-state index in [2.05, 4.69) is 0 Å². The van der Waals surface area contributed by atoms with Crippen LogP contribution in [-0.4, -0.2) is 29.3 Å². The van der Waals surface area contributed by atoms with Gasteiger partial charge in [0.15, 0.2) is 0 Å². The van der Waals surface area contributed by atoms with Crippen LogP contribution in [0.3, 0.4) is 0 Å². The zero-order chi connectivity index (χ0) is 14.5. The Bertz CT molecular complexity index is 499. The molecule has 1 heterocycles. The molecule has 0 bridgehead atoms. The van der Waals surface area contributed by atoms with Crippen molar-refractivity contribution in [1.29, 1.82) is 0 Å². The highest BCUT2D eigenvalue weighted by atomic mass is 16.2. The Morgan fingerprint density at radius 3 is 2.75 bits per heavy atom. The van der Waals surface area contributed by atoms with Gasteiger partial charge in [-0.05, 0) is 37.3 Å². The predicted molar refractivity (Wildman–Crippen MR) is 78.0 cm³/mol. The largest absolute Gasteiger partial charge is 0.370 e. The van der Waals surface area contributed by atoms with Crippen LogP contribution in [0.25, 0.3) is 0 Å². The van der Waals surface area contributed by atoms with E-state index < -0.39 is 0 Å². The Kier molecular flexibility index (Phi) is 4.77. The molecule has 1 atom stereocenters. The molecule has 0 radical (unpaired) electrons. The summed E-state index contributed by atoms with van der Waals surface area (Å²) in [7, 11) is 0. The molecular formula is C16H22N2O2. The lowest BCUT2D eigenvalue weighted by atomic mass is 9.97. The molecule has 1 aromatic carbocycles. The summed E-state index contributed by atoms with van der Waals surface area (Å²) in [5.74, 6) is -0.226. The van der Waals surface area contributed by atoms with E-state index in [0.29, 0.717) is 6.42 Å². The van der Waals surface area contributed by atoms with Gasteiger partial charge in [0, 0.05) is 19.0 Å². The number of likely N-dealkylation sites (tertiary alicyclic amines) is 1. The number of nitrogens with two attached hydrogens (primary N) is 1. The molecule has 0 aliphatic carbocycles. The molecule has 108 valence electrons. The number of carbonyl (C=O) groups excluding carboxylic acids is 2. The number of aryl methyl sites for hydroxylation is 1. The molecule has 0 unspecified atom stereocenters. The highest BCUT2D eigenvalue weighted by Gasteiger charge is 2.27. The third-order valence-corrected chi connectivity index (χ3v) is 3.99. The van der Waals surface area contributed by atoms with E-state index in [0.717, 1.165) is 36.9 Å². The highest BCUT2D eigenvalue weighted by Crippen LogP contribution is 2.21. The van der Waals surface area contributed by atoms with Gasteiger partial charge in [-0.15, -0.1) is 0 Å². The number of primary amides is 1. The standard InChI is InChI=1S/C16H22N2O2/c1-12-6-2-3-7-13(12)10-16(20)18-9-5-4-8-14(18)11-15(17)19/h2-3,6-7,14H,4-5,8-11H2,1H3,(H2,17,19)/t14-/m0/s1. The van der Waals surface area contributed by atoms with Crippen LogP contribution in [-0.2, 0) is 16.0 Å². The smallest absolute Gasteiger partial charge is 0.227 e. The molecule has 1 saturated heterocycles. The first-order valence-electron chi connectivity index (χ1n) is 7.20. The fourth-order valence-electron chi connectivity index (χ4n) is 2.85.